The number of hydrogen-bond donors (Lipinski definition) is 4. The van der Waals surface area contributed by atoms with Crippen LogP contribution in [0.3, 0.4) is 0 Å². The molecular weight excluding hydrogens is 472 g/mol. The Kier molecular flexibility index (Phi) is 17.3. The second-order valence-electron chi connectivity index (χ2n) is 7.70. The molecule has 0 radical (unpaired) electrons. The lowest BCUT2D eigenvalue weighted by Crippen LogP contribution is -2.49. The van der Waals surface area contributed by atoms with Crippen molar-refractivity contribution in [3.05, 3.63) is 29.8 Å². The predicted octanol–water partition coefficient (Wildman–Crippen LogP) is 1.85. The van der Waals surface area contributed by atoms with E-state index in [0.717, 1.165) is 11.3 Å². The number of rotatable bonds is 9. The summed E-state index contributed by atoms with van der Waals surface area (Å²) in [6.45, 7) is 7.24. The molecule has 1 unspecified atom stereocenters. The fraction of sp³-hybridized carbons (Fsp3) is 0.583. The smallest absolute Gasteiger partial charge is 0.317 e. The highest BCUT2D eigenvalue weighted by molar-refractivity contribution is 7.78. The average Bonchev–Trinajstić information content (AvgIpc) is 2.86. The first kappa shape index (κ1) is 32.4. The zero-order valence-corrected chi connectivity index (χ0v) is 22.0. The van der Waals surface area contributed by atoms with Crippen LogP contribution in [0.5, 0.6) is 0 Å². The van der Waals surface area contributed by atoms with Crippen LogP contribution in [0.25, 0.3) is 0 Å². The molecule has 1 aliphatic rings. The minimum absolute atomic E-state index is 0.169. The molecule has 1 fully saturated rings. The van der Waals surface area contributed by atoms with Gasteiger partial charge >= 0.3 is 17.9 Å². The maximum atomic E-state index is 11.5. The zero-order valence-electron chi connectivity index (χ0n) is 21.1. The Morgan fingerprint density at radius 1 is 0.914 bits per heavy atom. The van der Waals surface area contributed by atoms with E-state index in [1.165, 1.54) is 0 Å². The second-order valence-corrected chi connectivity index (χ2v) is 8.17. The Balaban J connectivity index is 0.00000214. The summed E-state index contributed by atoms with van der Waals surface area (Å²) in [7, 11) is 1.83. The third-order valence-corrected chi connectivity index (χ3v) is 5.19. The Hall–Kier alpha value is -2.60. The molecule has 0 amide bonds. The lowest BCUT2D eigenvalue weighted by Gasteiger charge is -2.33. The van der Waals surface area contributed by atoms with Gasteiger partial charge in [-0.05, 0) is 36.4 Å². The minimum atomic E-state index is -0.973. The molecule has 2 rings (SSSR count). The minimum Gasteiger partial charge on any atom is -0.480 e. The molecule has 1 aliphatic heterocycles. The van der Waals surface area contributed by atoms with Crippen molar-refractivity contribution in [1.29, 1.82) is 0 Å². The quantitative estimate of drug-likeness (QED) is 0.361. The molecule has 1 atom stereocenters. The van der Waals surface area contributed by atoms with E-state index in [9.17, 15) is 24.6 Å². The second kappa shape index (κ2) is 18.7. The number of carboxylic acids is 3. The van der Waals surface area contributed by atoms with Crippen LogP contribution in [-0.2, 0) is 20.8 Å². The van der Waals surface area contributed by atoms with Crippen molar-refractivity contribution in [3.63, 3.8) is 0 Å². The first-order valence-corrected chi connectivity index (χ1v) is 12.2. The topological polar surface area (TPSA) is 134 Å². The monoisotopic (exact) mass is 512 g/mol. The summed E-state index contributed by atoms with van der Waals surface area (Å²) in [4.78, 5) is 39.3. The molecule has 0 spiro atoms. The highest BCUT2D eigenvalue weighted by atomic mass is 32.1. The van der Waals surface area contributed by atoms with Gasteiger partial charge in [0.1, 0.15) is 0 Å². The third-order valence-electron chi connectivity index (χ3n) is 5.19. The van der Waals surface area contributed by atoms with Gasteiger partial charge in [-0.25, -0.2) is 0 Å². The van der Waals surface area contributed by atoms with Gasteiger partial charge in [-0.2, -0.15) is 0 Å². The molecule has 35 heavy (non-hydrogen) atoms. The number of aliphatic carboxylic acids is 3. The van der Waals surface area contributed by atoms with E-state index in [-0.39, 0.29) is 25.7 Å². The summed E-state index contributed by atoms with van der Waals surface area (Å²) < 4.78 is 0. The van der Waals surface area contributed by atoms with Gasteiger partial charge in [0.15, 0.2) is 0 Å². The van der Waals surface area contributed by atoms with Gasteiger partial charge in [-0.15, -0.1) is 0 Å². The van der Waals surface area contributed by atoms with E-state index in [4.69, 9.17) is 5.11 Å². The number of nitrogens with one attached hydrogen (secondary N) is 1. The average molecular weight is 513 g/mol. The van der Waals surface area contributed by atoms with Crippen LogP contribution in [0.15, 0.2) is 24.3 Å². The summed E-state index contributed by atoms with van der Waals surface area (Å²) >= 11 is 4.27. The van der Waals surface area contributed by atoms with Gasteiger partial charge in [0.05, 0.1) is 19.6 Å². The molecule has 11 heteroatoms. The fourth-order valence-corrected chi connectivity index (χ4v) is 3.69. The fourth-order valence-electron chi connectivity index (χ4n) is 3.69. The summed E-state index contributed by atoms with van der Waals surface area (Å²) in [6, 6.07) is 7.60. The van der Waals surface area contributed by atoms with Gasteiger partial charge in [0.2, 0.25) is 0 Å². The van der Waals surface area contributed by atoms with E-state index in [1.807, 2.05) is 57.0 Å². The number of carboxylic acid groups (broad SMARTS) is 3. The van der Waals surface area contributed by atoms with Crippen LogP contribution in [0.2, 0.25) is 0 Å². The highest BCUT2D eigenvalue weighted by Gasteiger charge is 2.27. The number of thiocarbonyl (C=S) groups is 1. The molecule has 0 saturated carbocycles. The summed E-state index contributed by atoms with van der Waals surface area (Å²) in [5.41, 5.74) is 1.98. The molecule has 1 aromatic rings. The lowest BCUT2D eigenvalue weighted by molar-refractivity contribution is -0.140. The van der Waals surface area contributed by atoms with E-state index >= 15 is 0 Å². The van der Waals surface area contributed by atoms with Crippen molar-refractivity contribution in [2.24, 2.45) is 0 Å². The van der Waals surface area contributed by atoms with E-state index < -0.39 is 17.9 Å². The molecule has 0 bridgehead atoms. The maximum absolute atomic E-state index is 11.5. The van der Waals surface area contributed by atoms with Gasteiger partial charge in [-0.1, -0.05) is 38.2 Å². The summed E-state index contributed by atoms with van der Waals surface area (Å²) in [5.74, 6) is -2.91. The molecule has 1 aromatic carbocycles. The van der Waals surface area contributed by atoms with Gasteiger partial charge in [0, 0.05) is 51.5 Å². The molecule has 0 aliphatic carbocycles. The van der Waals surface area contributed by atoms with Crippen LogP contribution >= 0.6 is 12.2 Å². The number of nitrogens with zero attached hydrogens (tertiary/aromatic N) is 3. The first-order valence-electron chi connectivity index (χ1n) is 11.7. The standard InChI is InChI=1S/C20H30N4O6.C2H4S.C2H6/c1-21-16-4-2-15(3-5-16)10-17-11-23(13-19(27)28)7-6-22(12-18(25)26)8-9-24(17)14-20(29)30;1-2-3;1-2/h2-5,17,21H,6-14H2,1H3,(H,25,26)(H,27,28)(H,29,30);2H,1H3;1-2H3. The Labute approximate surface area is 213 Å². The largest absolute Gasteiger partial charge is 0.480 e. The summed E-state index contributed by atoms with van der Waals surface area (Å²) in [6.07, 6.45) is 0.562. The number of hydrogen-bond acceptors (Lipinski definition) is 8. The van der Waals surface area contributed by atoms with Crippen molar-refractivity contribution in [1.82, 2.24) is 14.7 Å². The SMILES string of the molecule is CC.CC=S.CNc1ccc(CC2CN(CC(=O)O)CCN(CC(=O)O)CCN2CC(=O)O)cc1. The lowest BCUT2D eigenvalue weighted by atomic mass is 10.0. The molecule has 198 valence electrons. The van der Waals surface area contributed by atoms with Crippen molar-refractivity contribution >= 4 is 41.2 Å². The van der Waals surface area contributed by atoms with Crippen molar-refractivity contribution < 1.29 is 29.7 Å². The van der Waals surface area contributed by atoms with E-state index in [0.29, 0.717) is 39.1 Å². The van der Waals surface area contributed by atoms with Crippen molar-refractivity contribution in [3.8, 4) is 0 Å². The first-order chi connectivity index (χ1) is 16.7. The third kappa shape index (κ3) is 14.4. The Bertz CT molecular complexity index is 778. The molecule has 1 saturated heterocycles. The van der Waals surface area contributed by atoms with Gasteiger partial charge in [-0.3, -0.25) is 29.1 Å². The van der Waals surface area contributed by atoms with Gasteiger partial charge < -0.3 is 20.6 Å². The van der Waals surface area contributed by atoms with Crippen molar-refractivity contribution in [2.45, 2.75) is 33.2 Å². The highest BCUT2D eigenvalue weighted by Crippen LogP contribution is 2.16. The van der Waals surface area contributed by atoms with Crippen LogP contribution < -0.4 is 5.32 Å². The number of carbonyl (C=O) groups is 3. The van der Waals surface area contributed by atoms with E-state index in [1.54, 1.807) is 15.2 Å². The number of anilines is 1. The van der Waals surface area contributed by atoms with Crippen LogP contribution in [0.4, 0.5) is 5.69 Å². The Morgan fingerprint density at radius 3 is 1.86 bits per heavy atom. The van der Waals surface area contributed by atoms with Crippen molar-refractivity contribution in [2.75, 3.05) is 64.7 Å². The van der Waals surface area contributed by atoms with Crippen LogP contribution in [0.1, 0.15) is 26.3 Å². The molecule has 4 N–H and O–H groups in total. The zero-order chi connectivity index (χ0) is 26.8. The van der Waals surface area contributed by atoms with Crippen LogP contribution in [0, 0.1) is 0 Å². The normalized spacial score (nSPS) is 17.2. The van der Waals surface area contributed by atoms with Gasteiger partial charge in [0.25, 0.3) is 0 Å². The molecular formula is C24H40N4O6S. The van der Waals surface area contributed by atoms with Crippen LogP contribution in [-0.4, -0.2) is 119 Å². The number of benzene rings is 1. The summed E-state index contributed by atoms with van der Waals surface area (Å²) in [5, 5.41) is 32.5. The molecule has 0 aromatic heterocycles. The predicted molar refractivity (Wildman–Crippen MR) is 142 cm³/mol. The Morgan fingerprint density at radius 2 is 1.37 bits per heavy atom. The maximum Gasteiger partial charge on any atom is 0.317 e. The molecule has 10 nitrogen and oxygen atoms in total. The molecule has 1 heterocycles. The van der Waals surface area contributed by atoms with E-state index in [2.05, 4.69) is 17.5 Å².